The molecule has 1 aliphatic heterocycles. The normalized spacial score (nSPS) is 20.8. The zero-order valence-electron chi connectivity index (χ0n) is 27.2. The molecule has 0 bridgehead atoms. The van der Waals surface area contributed by atoms with Crippen molar-refractivity contribution in [3.63, 3.8) is 0 Å². The largest absolute Gasteiger partial charge is 0.444 e. The minimum Gasteiger partial charge on any atom is -0.444 e. The van der Waals surface area contributed by atoms with Gasteiger partial charge in [-0.1, -0.05) is 31.4 Å². The molecule has 0 aromatic heterocycles. The van der Waals surface area contributed by atoms with E-state index < -0.39 is 35.5 Å². The highest BCUT2D eigenvalue weighted by atomic mass is 16.6. The fourth-order valence-corrected chi connectivity index (χ4v) is 5.10. The smallest absolute Gasteiger partial charge is 0.416 e. The maximum absolute atomic E-state index is 13.5. The molecule has 2 amide bonds. The number of rotatable bonds is 20. The van der Waals surface area contributed by atoms with E-state index >= 15 is 0 Å². The van der Waals surface area contributed by atoms with Gasteiger partial charge in [0.25, 0.3) is 0 Å². The number of amides is 2. The summed E-state index contributed by atoms with van der Waals surface area (Å²) in [7, 11) is 1.61. The molecule has 1 fully saturated rings. The third-order valence-electron chi connectivity index (χ3n) is 7.06. The number of nitrogens with one attached hydrogen (secondary N) is 1. The quantitative estimate of drug-likeness (QED) is 0.0949. The van der Waals surface area contributed by atoms with E-state index in [0.29, 0.717) is 52.5 Å². The molecule has 1 saturated heterocycles. The third-order valence-corrected chi connectivity index (χ3v) is 7.06. The molecule has 1 aliphatic rings. The van der Waals surface area contributed by atoms with Gasteiger partial charge in [-0.3, -0.25) is 9.64 Å². The lowest BCUT2D eigenvalue weighted by molar-refractivity contribution is -0.128. The van der Waals surface area contributed by atoms with Crippen molar-refractivity contribution < 1.29 is 38.0 Å². The van der Waals surface area contributed by atoms with Gasteiger partial charge >= 0.3 is 12.3 Å². The molecule has 244 valence electrons. The van der Waals surface area contributed by atoms with E-state index in [0.717, 1.165) is 6.42 Å². The highest BCUT2D eigenvalue weighted by molar-refractivity contribution is 5.77. The van der Waals surface area contributed by atoms with E-state index in [1.807, 2.05) is 32.9 Å². The summed E-state index contributed by atoms with van der Waals surface area (Å²) in [6.07, 6.45) is 9.69. The van der Waals surface area contributed by atoms with Crippen LogP contribution in [0, 0.1) is 24.8 Å². The molecule has 43 heavy (non-hydrogen) atoms. The number of ether oxygens (including phenoxy) is 6. The van der Waals surface area contributed by atoms with Crippen LogP contribution in [0.4, 0.5) is 4.79 Å². The van der Waals surface area contributed by atoms with Gasteiger partial charge in [-0.15, -0.1) is 6.42 Å². The van der Waals surface area contributed by atoms with Crippen LogP contribution in [0.1, 0.15) is 67.2 Å². The molecule has 1 rings (SSSR count). The van der Waals surface area contributed by atoms with E-state index in [9.17, 15) is 9.59 Å². The number of hydrogen-bond donors (Lipinski definition) is 1. The number of likely N-dealkylation sites (tertiary alicyclic amines) is 1. The van der Waals surface area contributed by atoms with Crippen LogP contribution in [0.2, 0.25) is 0 Å². The summed E-state index contributed by atoms with van der Waals surface area (Å²) in [6, 6.07) is -1.16. The van der Waals surface area contributed by atoms with Crippen LogP contribution in [0.25, 0.3) is 4.85 Å². The summed E-state index contributed by atoms with van der Waals surface area (Å²) in [5.74, 6) is 1.98. The van der Waals surface area contributed by atoms with Gasteiger partial charge in [-0.05, 0) is 41.0 Å². The molecule has 0 radical (unpaired) electrons. The first kappa shape index (κ1) is 38.4. The average Bonchev–Trinajstić information content (AvgIpc) is 3.31. The molecule has 0 aromatic rings. The molecule has 0 unspecified atom stereocenters. The lowest BCUT2D eigenvalue weighted by atomic mass is 9.80. The Hall–Kier alpha value is -2.67. The Kier molecular flexibility index (Phi) is 18.1. The van der Waals surface area contributed by atoms with E-state index in [4.69, 9.17) is 41.4 Å². The molecule has 0 aliphatic carbocycles. The molecule has 5 atom stereocenters. The van der Waals surface area contributed by atoms with Crippen molar-refractivity contribution in [3.05, 3.63) is 23.6 Å². The third kappa shape index (κ3) is 13.7. The van der Waals surface area contributed by atoms with Crippen molar-refractivity contribution in [1.82, 2.24) is 10.2 Å². The first-order chi connectivity index (χ1) is 20.5. The molecule has 11 nitrogen and oxygen atoms in total. The maximum atomic E-state index is 13.5. The number of carbonyl (C=O) groups excluding carboxylic acids is 2. The van der Waals surface area contributed by atoms with Gasteiger partial charge in [-0.25, -0.2) is 16.3 Å². The van der Waals surface area contributed by atoms with Gasteiger partial charge in [0, 0.05) is 19.4 Å². The van der Waals surface area contributed by atoms with E-state index in [1.54, 1.807) is 27.9 Å². The van der Waals surface area contributed by atoms with Crippen LogP contribution in [0.5, 0.6) is 0 Å². The number of methoxy groups -OCH3 is 1. The first-order valence-corrected chi connectivity index (χ1v) is 15.1. The minimum absolute atomic E-state index is 0.114. The molecule has 1 heterocycles. The summed E-state index contributed by atoms with van der Waals surface area (Å²) in [5.41, 5.74) is -1.55. The number of allylic oxidation sites excluding steroid dienone is 1. The van der Waals surface area contributed by atoms with Gasteiger partial charge in [-0.2, -0.15) is 0 Å². The summed E-state index contributed by atoms with van der Waals surface area (Å²) < 4.78 is 33.4. The second kappa shape index (κ2) is 20.3. The Balaban J connectivity index is 2.87. The standard InChI is InChI=1S/C32H53N3O8/c1-10-13-25-24-26(33-8)35(30(37)43-31(4,5)6)28(25)29(32(7,38-9)15-11-2)34-27(36)14-17-40-19-21-42-23-22-41-20-18-39-16-12-3/h3,10,13,25-26,28-29H,11,14-24H2,1-2,4-7,9H3,(H,34,36)/b13-10-/t25-,26-,28-,29-,32+/m1/s1. The topological polar surface area (TPSA) is 109 Å². The molecular weight excluding hydrogens is 554 g/mol. The van der Waals surface area contributed by atoms with Crippen LogP contribution in [-0.4, -0.2) is 106 Å². The molecule has 0 aromatic carbocycles. The van der Waals surface area contributed by atoms with Gasteiger partial charge in [0.15, 0.2) is 0 Å². The Morgan fingerprint density at radius 1 is 1.07 bits per heavy atom. The minimum atomic E-state index is -0.809. The van der Waals surface area contributed by atoms with Crippen molar-refractivity contribution in [2.24, 2.45) is 5.92 Å². The molecule has 0 saturated carbocycles. The molecule has 1 N–H and O–H groups in total. The maximum Gasteiger partial charge on any atom is 0.416 e. The Bertz CT molecular complexity index is 938. The van der Waals surface area contributed by atoms with Crippen molar-refractivity contribution in [3.8, 4) is 12.3 Å². The van der Waals surface area contributed by atoms with Crippen LogP contribution >= 0.6 is 0 Å². The first-order valence-electron chi connectivity index (χ1n) is 15.1. The number of terminal acetylenes is 1. The van der Waals surface area contributed by atoms with Crippen LogP contribution in [0.15, 0.2) is 12.2 Å². The Morgan fingerprint density at radius 3 is 2.14 bits per heavy atom. The van der Waals surface area contributed by atoms with Gasteiger partial charge in [0.2, 0.25) is 5.91 Å². The summed E-state index contributed by atoms with van der Waals surface area (Å²) in [5, 5.41) is 3.16. The fourth-order valence-electron chi connectivity index (χ4n) is 5.10. The zero-order valence-corrected chi connectivity index (χ0v) is 27.2. The molecule has 11 heteroatoms. The number of hydrogen-bond acceptors (Lipinski definition) is 8. The van der Waals surface area contributed by atoms with Crippen molar-refractivity contribution in [1.29, 1.82) is 0 Å². The highest BCUT2D eigenvalue weighted by Crippen LogP contribution is 2.39. The Labute approximate surface area is 258 Å². The lowest BCUT2D eigenvalue weighted by Gasteiger charge is -2.44. The summed E-state index contributed by atoms with van der Waals surface area (Å²) in [6.45, 7) is 22.0. The molecule has 0 spiro atoms. The van der Waals surface area contributed by atoms with Crippen LogP contribution in [0.3, 0.4) is 0 Å². The number of nitrogens with zero attached hydrogens (tertiary/aromatic N) is 2. The zero-order chi connectivity index (χ0) is 32.3. The number of carbonyl (C=O) groups is 2. The van der Waals surface area contributed by atoms with Crippen LogP contribution in [-0.2, 0) is 33.2 Å². The monoisotopic (exact) mass is 607 g/mol. The summed E-state index contributed by atoms with van der Waals surface area (Å²) in [4.78, 5) is 32.0. The van der Waals surface area contributed by atoms with E-state index in [-0.39, 0.29) is 31.5 Å². The lowest BCUT2D eigenvalue weighted by Crippen LogP contribution is -2.64. The SMILES string of the molecule is [C-]#[N+][C@H]1C[C@@H](/C=C\C)[C@H]([C@@H](NC(=O)CCOCCOCCOCCOCC#C)[C@](C)(CCC)OC)N1C(=O)OC(C)(C)C. The Morgan fingerprint density at radius 2 is 1.65 bits per heavy atom. The highest BCUT2D eigenvalue weighted by Gasteiger charge is 2.55. The van der Waals surface area contributed by atoms with Crippen molar-refractivity contribution in [2.75, 3.05) is 60.0 Å². The van der Waals surface area contributed by atoms with Gasteiger partial charge < -0.3 is 33.7 Å². The van der Waals surface area contributed by atoms with Crippen molar-refractivity contribution >= 4 is 12.0 Å². The van der Waals surface area contributed by atoms with Gasteiger partial charge in [0.1, 0.15) is 12.2 Å². The van der Waals surface area contributed by atoms with E-state index in [1.165, 1.54) is 4.90 Å². The molecular formula is C32H53N3O8. The second-order valence-corrected chi connectivity index (χ2v) is 11.6. The van der Waals surface area contributed by atoms with E-state index in [2.05, 4.69) is 16.1 Å². The average molecular weight is 608 g/mol. The fraction of sp³-hybridized carbons (Fsp3) is 0.781. The van der Waals surface area contributed by atoms with Crippen molar-refractivity contribution in [2.45, 2.75) is 96.7 Å². The second-order valence-electron chi connectivity index (χ2n) is 11.6. The predicted molar refractivity (Wildman–Crippen MR) is 164 cm³/mol. The predicted octanol–water partition coefficient (Wildman–Crippen LogP) is 4.21. The summed E-state index contributed by atoms with van der Waals surface area (Å²) >= 11 is 0. The van der Waals surface area contributed by atoms with Gasteiger partial charge in [0.05, 0.1) is 70.4 Å². The van der Waals surface area contributed by atoms with Crippen LogP contribution < -0.4 is 5.32 Å².